The van der Waals surface area contributed by atoms with E-state index in [9.17, 15) is 19.4 Å². The molecule has 4 N–H and O–H groups in total. The van der Waals surface area contributed by atoms with Gasteiger partial charge in [0, 0.05) is 48.8 Å². The molecule has 1 aliphatic carbocycles. The molecule has 1 aliphatic heterocycles. The molecule has 1 saturated heterocycles. The van der Waals surface area contributed by atoms with Crippen molar-refractivity contribution in [2.75, 3.05) is 20.2 Å². The highest BCUT2D eigenvalue weighted by atomic mass is 19.1. The highest BCUT2D eigenvalue weighted by Crippen LogP contribution is 2.38. The predicted octanol–water partition coefficient (Wildman–Crippen LogP) is 4.60. The summed E-state index contributed by atoms with van der Waals surface area (Å²) in [5, 5.41) is 21.0. The molecule has 222 valence electrons. The van der Waals surface area contributed by atoms with E-state index in [1.54, 1.807) is 31.4 Å². The van der Waals surface area contributed by atoms with Gasteiger partial charge in [-0.15, -0.1) is 0 Å². The van der Waals surface area contributed by atoms with E-state index in [0.717, 1.165) is 41.6 Å². The fourth-order valence-corrected chi connectivity index (χ4v) is 6.20. The van der Waals surface area contributed by atoms with Crippen LogP contribution < -0.4 is 10.5 Å². The van der Waals surface area contributed by atoms with Crippen LogP contribution in [0.3, 0.4) is 0 Å². The molecule has 0 radical (unpaired) electrons. The van der Waals surface area contributed by atoms with E-state index in [0.29, 0.717) is 46.4 Å². The summed E-state index contributed by atoms with van der Waals surface area (Å²) in [5.41, 5.74) is 10.6. The van der Waals surface area contributed by atoms with Crippen LogP contribution in [0.1, 0.15) is 29.6 Å². The number of hydrogen-bond acceptors (Lipinski definition) is 7. The van der Waals surface area contributed by atoms with Crippen molar-refractivity contribution in [1.82, 2.24) is 24.0 Å². The zero-order valence-electron chi connectivity index (χ0n) is 24.0. The number of aryl methyl sites for hydroxylation is 1. The lowest BCUT2D eigenvalue weighted by Gasteiger charge is -2.33. The third-order valence-electron chi connectivity index (χ3n) is 8.43. The number of amides is 1. The first-order valence-electron chi connectivity index (χ1n) is 14.5. The molecule has 11 heteroatoms. The Balaban J connectivity index is 1.34. The van der Waals surface area contributed by atoms with Crippen LogP contribution in [0.2, 0.25) is 0 Å². The summed E-state index contributed by atoms with van der Waals surface area (Å²) < 4.78 is 24.1. The number of likely N-dealkylation sites (tertiary alicyclic amines) is 1. The van der Waals surface area contributed by atoms with Crippen molar-refractivity contribution in [2.24, 2.45) is 18.7 Å². The molecule has 1 amide bonds. The average Bonchev–Trinajstić information content (AvgIpc) is 3.64. The molecule has 43 heavy (non-hydrogen) atoms. The second-order valence-electron chi connectivity index (χ2n) is 11.8. The van der Waals surface area contributed by atoms with Gasteiger partial charge < -0.3 is 34.7 Å². The summed E-state index contributed by atoms with van der Waals surface area (Å²) in [7, 11) is 3.47. The Hall–Kier alpha value is -4.64. The number of imidazole rings is 1. The quantitative estimate of drug-likeness (QED) is 0.266. The molecule has 0 unspecified atom stereocenters. The van der Waals surface area contributed by atoms with E-state index in [2.05, 4.69) is 10.6 Å². The van der Waals surface area contributed by atoms with Gasteiger partial charge in [-0.3, -0.25) is 4.79 Å². The molecule has 3 aromatic heterocycles. The zero-order valence-corrected chi connectivity index (χ0v) is 24.0. The lowest BCUT2D eigenvalue weighted by molar-refractivity contribution is 0.0606. The number of carbonyl (C=O) groups excluding carboxylic acids is 1. The lowest BCUT2D eigenvalue weighted by atomic mass is 10.0. The van der Waals surface area contributed by atoms with Crippen molar-refractivity contribution in [3.63, 3.8) is 0 Å². The maximum Gasteiger partial charge on any atom is 0.254 e. The average molecular weight is 585 g/mol. The van der Waals surface area contributed by atoms with Gasteiger partial charge in [0.1, 0.15) is 34.6 Å². The van der Waals surface area contributed by atoms with Crippen molar-refractivity contribution in [1.29, 1.82) is 0 Å². The van der Waals surface area contributed by atoms with Crippen molar-refractivity contribution in [2.45, 2.75) is 38.0 Å². The smallest absolute Gasteiger partial charge is 0.254 e. The van der Waals surface area contributed by atoms with E-state index in [-0.39, 0.29) is 30.4 Å². The van der Waals surface area contributed by atoms with Gasteiger partial charge in [0.15, 0.2) is 5.82 Å². The molecule has 0 bridgehead atoms. The van der Waals surface area contributed by atoms with Crippen LogP contribution in [0.25, 0.3) is 44.8 Å². The Morgan fingerprint density at radius 3 is 2.53 bits per heavy atom. The van der Waals surface area contributed by atoms with Gasteiger partial charge in [0.05, 0.1) is 30.6 Å². The number of aromatic nitrogens is 4. The van der Waals surface area contributed by atoms with Gasteiger partial charge in [-0.25, -0.2) is 14.4 Å². The summed E-state index contributed by atoms with van der Waals surface area (Å²) in [4.78, 5) is 24.8. The van der Waals surface area contributed by atoms with Crippen LogP contribution >= 0.6 is 0 Å². The molecule has 1 saturated carbocycles. The fraction of sp³-hybridized carbons (Fsp3) is 0.344. The normalized spacial score (nSPS) is 18.9. The Kier molecular flexibility index (Phi) is 6.50. The molecule has 4 heterocycles. The molecule has 2 fully saturated rings. The minimum absolute atomic E-state index is 0.0127. The number of nitrogens with zero attached hydrogens (tertiary/aromatic N) is 5. The van der Waals surface area contributed by atoms with E-state index in [1.165, 1.54) is 11.0 Å². The number of rotatable bonds is 6. The third-order valence-corrected chi connectivity index (χ3v) is 8.43. The fourth-order valence-electron chi connectivity index (χ4n) is 6.20. The SMILES string of the molecule is COc1cc(C(=O)N2C[C@H](N)C[C@@H](F)C2)cc2nc(-c3cc4ccc(-c5cc(O)cc(O)c5)nc4n3CC3CC3)n(C)c12. The molecular weight excluding hydrogens is 551 g/mol. The second kappa shape index (κ2) is 10.3. The first-order valence-corrected chi connectivity index (χ1v) is 14.5. The largest absolute Gasteiger partial charge is 0.508 e. The number of carbonyl (C=O) groups is 1. The predicted molar refractivity (Wildman–Crippen MR) is 161 cm³/mol. The van der Waals surface area contributed by atoms with Gasteiger partial charge in [0.2, 0.25) is 0 Å². The maximum atomic E-state index is 14.2. The summed E-state index contributed by atoms with van der Waals surface area (Å²) in [6.45, 7) is 1.08. The van der Waals surface area contributed by atoms with Crippen molar-refractivity contribution >= 4 is 28.0 Å². The number of benzene rings is 2. The van der Waals surface area contributed by atoms with Crippen LogP contribution in [0, 0.1) is 5.92 Å². The van der Waals surface area contributed by atoms with Crippen LogP contribution in [-0.4, -0.2) is 72.5 Å². The molecule has 2 aromatic carbocycles. The highest BCUT2D eigenvalue weighted by Gasteiger charge is 2.30. The number of piperidine rings is 1. The van der Waals surface area contributed by atoms with Gasteiger partial charge in [-0.05, 0) is 67.6 Å². The number of phenolic OH excluding ortho intramolecular Hbond substituents is 2. The van der Waals surface area contributed by atoms with Crippen LogP contribution in [0.5, 0.6) is 17.2 Å². The molecule has 7 rings (SSSR count). The number of phenols is 2. The van der Waals surface area contributed by atoms with Crippen LogP contribution in [0.4, 0.5) is 4.39 Å². The third kappa shape index (κ3) is 4.93. The number of aromatic hydroxyl groups is 2. The molecule has 0 spiro atoms. The van der Waals surface area contributed by atoms with Gasteiger partial charge >= 0.3 is 0 Å². The van der Waals surface area contributed by atoms with Gasteiger partial charge in [-0.1, -0.05) is 0 Å². The minimum atomic E-state index is -1.15. The van der Waals surface area contributed by atoms with Crippen LogP contribution in [-0.2, 0) is 13.6 Å². The number of ether oxygens (including phenoxy) is 1. The topological polar surface area (TPSA) is 132 Å². The highest BCUT2D eigenvalue weighted by molar-refractivity contribution is 6.00. The zero-order chi connectivity index (χ0) is 30.0. The first-order chi connectivity index (χ1) is 20.7. The number of halogens is 1. The Labute approximate surface area is 247 Å². The first kappa shape index (κ1) is 27.2. The summed E-state index contributed by atoms with van der Waals surface area (Å²) in [6, 6.07) is 13.4. The number of hydrogen-bond donors (Lipinski definition) is 3. The molecule has 2 aliphatic rings. The number of pyridine rings is 1. The van der Waals surface area contributed by atoms with E-state index in [1.807, 2.05) is 23.7 Å². The Morgan fingerprint density at radius 1 is 1.07 bits per heavy atom. The van der Waals surface area contributed by atoms with Gasteiger partial charge in [0.25, 0.3) is 5.91 Å². The number of nitrogens with two attached hydrogens (primary N) is 1. The van der Waals surface area contributed by atoms with Crippen molar-refractivity contribution < 1.29 is 24.1 Å². The monoisotopic (exact) mass is 584 g/mol. The lowest BCUT2D eigenvalue weighted by Crippen LogP contribution is -2.50. The number of methoxy groups -OCH3 is 1. The molecule has 10 nitrogen and oxygen atoms in total. The standard InChI is InChI=1S/C32H33FN6O4/c1-37-29-26(9-20(11-28(29)43-2)32(42)38-15-21(33)12-22(34)16-38)36-31(37)27-10-18-5-6-25(19-7-23(40)13-24(41)8-19)35-30(18)39(27)14-17-3-4-17/h5-11,13,17,21-22,40-41H,3-4,12,14-16,34H2,1-2H3/t21-,22-/m1/s1. The van der Waals surface area contributed by atoms with E-state index in [4.69, 9.17) is 20.4 Å². The summed E-state index contributed by atoms with van der Waals surface area (Å²) in [6.07, 6.45) is 1.37. The van der Waals surface area contributed by atoms with Crippen LogP contribution in [0.15, 0.2) is 48.5 Å². The minimum Gasteiger partial charge on any atom is -0.508 e. The van der Waals surface area contributed by atoms with Gasteiger partial charge in [-0.2, -0.15) is 0 Å². The Morgan fingerprint density at radius 2 is 1.84 bits per heavy atom. The summed E-state index contributed by atoms with van der Waals surface area (Å²) >= 11 is 0. The van der Waals surface area contributed by atoms with E-state index >= 15 is 0 Å². The maximum absolute atomic E-state index is 14.2. The second-order valence-corrected chi connectivity index (χ2v) is 11.8. The number of fused-ring (bicyclic) bond motifs is 2. The molecule has 2 atom stereocenters. The van der Waals surface area contributed by atoms with E-state index < -0.39 is 12.2 Å². The Bertz CT molecular complexity index is 1860. The number of alkyl halides is 1. The molecular formula is C32H33FN6O4. The van der Waals surface area contributed by atoms with Crippen molar-refractivity contribution in [3.8, 4) is 40.0 Å². The molecule has 5 aromatic rings. The van der Waals surface area contributed by atoms with Crippen molar-refractivity contribution in [3.05, 3.63) is 54.1 Å². The summed E-state index contributed by atoms with van der Waals surface area (Å²) in [5.74, 6) is 1.34.